The van der Waals surface area contributed by atoms with Crippen molar-refractivity contribution in [2.24, 2.45) is 0 Å². The van der Waals surface area contributed by atoms with Crippen LogP contribution < -0.4 is 21.5 Å². The Morgan fingerprint density at radius 2 is 1.93 bits per heavy atom. The minimum Gasteiger partial charge on any atom is -0.368 e. The molecule has 0 unspecified atom stereocenters. The Morgan fingerprint density at radius 1 is 1.17 bits per heavy atom. The lowest BCUT2D eigenvalue weighted by atomic mass is 10.2. The minimum atomic E-state index is -0.395. The molecule has 10 nitrogen and oxygen atoms in total. The van der Waals surface area contributed by atoms with Gasteiger partial charge in [0.1, 0.15) is 11.3 Å². The third-order valence-electron chi connectivity index (χ3n) is 5.48. The summed E-state index contributed by atoms with van der Waals surface area (Å²) in [5.74, 6) is -0.197. The molecule has 0 spiro atoms. The van der Waals surface area contributed by atoms with Gasteiger partial charge in [0.2, 0.25) is 0 Å². The number of nitrogens with one attached hydrogen (secondary N) is 3. The van der Waals surface area contributed by atoms with Crippen LogP contribution in [0.15, 0.2) is 34.0 Å². The Hall–Kier alpha value is -3.40. The van der Waals surface area contributed by atoms with E-state index in [-0.39, 0.29) is 11.5 Å². The van der Waals surface area contributed by atoms with Gasteiger partial charge in [0.15, 0.2) is 0 Å². The summed E-state index contributed by atoms with van der Waals surface area (Å²) in [6.45, 7) is 6.15. The number of pyridine rings is 1. The standard InChI is InChI=1S/C20H25N7O3/c1-3-27-19(29)15-10-13(23-17(15)24-20(27)30)12-25-6-8-26(9-7-25)14-4-5-16(22-11-14)18(28)21-2/h4-5,10-11,23H,3,6-9,12H2,1-2H3,(H,21,28)(H,24,30). The van der Waals surface area contributed by atoms with Crippen molar-refractivity contribution in [1.29, 1.82) is 0 Å². The van der Waals surface area contributed by atoms with E-state index in [0.717, 1.165) is 37.6 Å². The third-order valence-corrected chi connectivity index (χ3v) is 5.48. The predicted octanol–water partition coefficient (Wildman–Crippen LogP) is 0.115. The van der Waals surface area contributed by atoms with E-state index in [1.807, 2.05) is 12.1 Å². The zero-order valence-electron chi connectivity index (χ0n) is 17.1. The third kappa shape index (κ3) is 3.73. The van der Waals surface area contributed by atoms with E-state index in [4.69, 9.17) is 0 Å². The largest absolute Gasteiger partial charge is 0.368 e. The Bertz CT molecular complexity index is 1170. The monoisotopic (exact) mass is 411 g/mol. The number of nitrogens with zero attached hydrogens (tertiary/aromatic N) is 4. The first kappa shape index (κ1) is 19.9. The average molecular weight is 411 g/mol. The topological polar surface area (TPSA) is 119 Å². The molecule has 0 bridgehead atoms. The number of amides is 1. The molecular formula is C20H25N7O3. The fraction of sp³-hybridized carbons (Fsp3) is 0.400. The molecule has 3 aromatic rings. The minimum absolute atomic E-state index is 0.197. The SMILES string of the molecule is CCn1c(=O)[nH]c2[nH]c(CN3CCN(c4ccc(C(=O)NC)nc4)CC3)cc2c1=O. The number of piperazine rings is 1. The van der Waals surface area contributed by atoms with E-state index in [0.29, 0.717) is 29.8 Å². The van der Waals surface area contributed by atoms with Crippen LogP contribution in [-0.4, -0.2) is 63.6 Å². The van der Waals surface area contributed by atoms with Crippen molar-refractivity contribution in [1.82, 2.24) is 29.7 Å². The normalized spacial score (nSPS) is 14.9. The molecule has 3 aromatic heterocycles. The van der Waals surface area contributed by atoms with Crippen LogP contribution in [0.5, 0.6) is 0 Å². The molecule has 0 saturated carbocycles. The van der Waals surface area contributed by atoms with E-state index in [1.165, 1.54) is 4.57 Å². The van der Waals surface area contributed by atoms with Crippen LogP contribution in [0.25, 0.3) is 11.0 Å². The van der Waals surface area contributed by atoms with Crippen LogP contribution in [0.2, 0.25) is 0 Å². The maximum absolute atomic E-state index is 12.4. The molecular weight excluding hydrogens is 386 g/mol. The van der Waals surface area contributed by atoms with Crippen LogP contribution >= 0.6 is 0 Å². The summed E-state index contributed by atoms with van der Waals surface area (Å²) < 4.78 is 1.20. The number of H-pyrrole nitrogens is 2. The van der Waals surface area contributed by atoms with Gasteiger partial charge in [-0.15, -0.1) is 0 Å². The summed E-state index contributed by atoms with van der Waals surface area (Å²) in [6, 6.07) is 5.47. The Balaban J connectivity index is 1.41. The van der Waals surface area contributed by atoms with Crippen LogP contribution in [0.4, 0.5) is 5.69 Å². The van der Waals surface area contributed by atoms with Crippen molar-refractivity contribution in [3.8, 4) is 0 Å². The van der Waals surface area contributed by atoms with Gasteiger partial charge >= 0.3 is 5.69 Å². The molecule has 30 heavy (non-hydrogen) atoms. The van der Waals surface area contributed by atoms with Gasteiger partial charge in [0.05, 0.1) is 17.3 Å². The molecule has 1 aliphatic rings. The van der Waals surface area contributed by atoms with Gasteiger partial charge < -0.3 is 15.2 Å². The molecule has 0 aliphatic carbocycles. The summed E-state index contributed by atoms with van der Waals surface area (Å²) in [4.78, 5) is 50.7. The molecule has 0 aromatic carbocycles. The van der Waals surface area contributed by atoms with E-state index in [1.54, 1.807) is 26.2 Å². The zero-order chi connectivity index (χ0) is 21.3. The highest BCUT2D eigenvalue weighted by molar-refractivity contribution is 5.92. The van der Waals surface area contributed by atoms with Crippen molar-refractivity contribution in [2.75, 3.05) is 38.1 Å². The first-order chi connectivity index (χ1) is 14.5. The number of carbonyl (C=O) groups excluding carboxylic acids is 1. The summed E-state index contributed by atoms with van der Waals surface area (Å²) in [7, 11) is 1.58. The average Bonchev–Trinajstić information content (AvgIpc) is 3.16. The Kier molecular flexibility index (Phi) is 5.40. The number of aromatic nitrogens is 4. The molecule has 158 valence electrons. The highest BCUT2D eigenvalue weighted by Gasteiger charge is 2.19. The molecule has 1 aliphatic heterocycles. The number of hydrogen-bond donors (Lipinski definition) is 3. The maximum atomic E-state index is 12.4. The van der Waals surface area contributed by atoms with Gasteiger partial charge in [0.25, 0.3) is 11.5 Å². The van der Waals surface area contributed by atoms with Crippen molar-refractivity contribution in [3.63, 3.8) is 0 Å². The summed E-state index contributed by atoms with van der Waals surface area (Å²) in [5, 5.41) is 3.07. The summed E-state index contributed by atoms with van der Waals surface area (Å²) in [5.41, 5.74) is 2.11. The van der Waals surface area contributed by atoms with Gasteiger partial charge in [-0.2, -0.15) is 0 Å². The Labute approximate surface area is 172 Å². The fourth-order valence-corrected chi connectivity index (χ4v) is 3.80. The molecule has 0 radical (unpaired) electrons. The van der Waals surface area contributed by atoms with Gasteiger partial charge in [-0.25, -0.2) is 9.78 Å². The molecule has 1 amide bonds. The molecule has 4 heterocycles. The fourth-order valence-electron chi connectivity index (χ4n) is 3.80. The van der Waals surface area contributed by atoms with Crippen LogP contribution in [0.3, 0.4) is 0 Å². The first-order valence-corrected chi connectivity index (χ1v) is 10.00. The molecule has 10 heteroatoms. The van der Waals surface area contributed by atoms with Crippen molar-refractivity contribution in [3.05, 3.63) is 56.6 Å². The lowest BCUT2D eigenvalue weighted by Crippen LogP contribution is -2.46. The van der Waals surface area contributed by atoms with Gasteiger partial charge in [0, 0.05) is 52.0 Å². The number of hydrogen-bond acceptors (Lipinski definition) is 6. The second-order valence-electron chi connectivity index (χ2n) is 7.31. The smallest absolute Gasteiger partial charge is 0.329 e. The maximum Gasteiger partial charge on any atom is 0.329 e. The van der Waals surface area contributed by atoms with Gasteiger partial charge in [-0.1, -0.05) is 0 Å². The molecule has 1 saturated heterocycles. The lowest BCUT2D eigenvalue weighted by molar-refractivity contribution is 0.0958. The van der Waals surface area contributed by atoms with E-state index >= 15 is 0 Å². The summed E-state index contributed by atoms with van der Waals surface area (Å²) in [6.07, 6.45) is 1.73. The van der Waals surface area contributed by atoms with Gasteiger partial charge in [-0.3, -0.25) is 24.0 Å². The number of aromatic amines is 2. The molecule has 1 fully saturated rings. The van der Waals surface area contributed by atoms with Crippen molar-refractivity contribution >= 4 is 22.6 Å². The van der Waals surface area contributed by atoms with Crippen LogP contribution in [-0.2, 0) is 13.1 Å². The van der Waals surface area contributed by atoms with E-state index < -0.39 is 5.69 Å². The van der Waals surface area contributed by atoms with E-state index in [9.17, 15) is 14.4 Å². The highest BCUT2D eigenvalue weighted by atomic mass is 16.2. The number of rotatable bonds is 5. The quantitative estimate of drug-likeness (QED) is 0.549. The zero-order valence-corrected chi connectivity index (χ0v) is 17.1. The second kappa shape index (κ2) is 8.15. The predicted molar refractivity (Wildman–Crippen MR) is 114 cm³/mol. The number of fused-ring (bicyclic) bond motifs is 1. The molecule has 3 N–H and O–H groups in total. The van der Waals surface area contributed by atoms with Gasteiger partial charge in [-0.05, 0) is 25.1 Å². The van der Waals surface area contributed by atoms with Crippen LogP contribution in [0, 0.1) is 0 Å². The highest BCUT2D eigenvalue weighted by Crippen LogP contribution is 2.17. The van der Waals surface area contributed by atoms with Crippen molar-refractivity contribution in [2.45, 2.75) is 20.0 Å². The molecule has 0 atom stereocenters. The first-order valence-electron chi connectivity index (χ1n) is 10.00. The Morgan fingerprint density at radius 3 is 2.57 bits per heavy atom. The second-order valence-corrected chi connectivity index (χ2v) is 7.31. The van der Waals surface area contributed by atoms with Crippen LogP contribution in [0.1, 0.15) is 23.1 Å². The number of carbonyl (C=O) groups is 1. The summed E-state index contributed by atoms with van der Waals surface area (Å²) >= 11 is 0. The van der Waals surface area contributed by atoms with Crippen molar-refractivity contribution < 1.29 is 4.79 Å². The molecule has 4 rings (SSSR count). The van der Waals surface area contributed by atoms with E-state index in [2.05, 4.69) is 30.1 Å². The lowest BCUT2D eigenvalue weighted by Gasteiger charge is -2.35. The number of anilines is 1.